The Bertz CT molecular complexity index is 911. The molecule has 6 heteroatoms. The molecule has 5 nitrogen and oxygen atoms in total. The van der Waals surface area contributed by atoms with Crippen LogP contribution in [0.25, 0.3) is 10.2 Å². The Hall–Kier alpha value is -2.75. The first-order valence-corrected chi connectivity index (χ1v) is 8.74. The number of nitrogens with zero attached hydrogens (tertiary/aromatic N) is 3. The van der Waals surface area contributed by atoms with E-state index in [1.165, 1.54) is 0 Å². The fourth-order valence-electron chi connectivity index (χ4n) is 2.45. The van der Waals surface area contributed by atoms with Gasteiger partial charge >= 0.3 is 0 Å². The lowest BCUT2D eigenvalue weighted by atomic mass is 10.2. The van der Waals surface area contributed by atoms with Gasteiger partial charge in [0.2, 0.25) is 5.91 Å². The number of amides is 1. The van der Waals surface area contributed by atoms with Crippen LogP contribution in [0.15, 0.2) is 48.5 Å². The molecule has 1 atom stereocenters. The molecule has 0 bridgehead atoms. The quantitative estimate of drug-likeness (QED) is 0.763. The lowest BCUT2D eigenvalue weighted by molar-refractivity contribution is -0.120. The Morgan fingerprint density at radius 1 is 1.32 bits per heavy atom. The first-order chi connectivity index (χ1) is 12.1. The van der Waals surface area contributed by atoms with Gasteiger partial charge < -0.3 is 5.32 Å². The van der Waals surface area contributed by atoms with Crippen molar-refractivity contribution >= 4 is 33.1 Å². The fourth-order valence-corrected chi connectivity index (χ4v) is 3.48. The third-order valence-corrected chi connectivity index (χ3v) is 5.04. The number of thiazole rings is 1. The SMILES string of the molecule is CC(C(=O)Nc1cccc(C#N)c1)N(C)Cc1nc2ccccc2s1. The van der Waals surface area contributed by atoms with Crippen molar-refractivity contribution in [3.63, 3.8) is 0 Å². The van der Waals surface area contributed by atoms with E-state index in [0.29, 0.717) is 17.8 Å². The molecule has 0 radical (unpaired) electrons. The van der Waals surface area contributed by atoms with Crippen LogP contribution in [0.4, 0.5) is 5.69 Å². The summed E-state index contributed by atoms with van der Waals surface area (Å²) in [7, 11) is 1.90. The van der Waals surface area contributed by atoms with E-state index in [4.69, 9.17) is 5.26 Å². The molecule has 0 saturated carbocycles. The number of hydrogen-bond acceptors (Lipinski definition) is 5. The molecule has 0 aliphatic carbocycles. The maximum atomic E-state index is 12.5. The highest BCUT2D eigenvalue weighted by Crippen LogP contribution is 2.23. The van der Waals surface area contributed by atoms with Crippen LogP contribution in [0, 0.1) is 11.3 Å². The molecule has 1 amide bonds. The number of benzene rings is 2. The number of rotatable bonds is 5. The number of carbonyl (C=O) groups is 1. The largest absolute Gasteiger partial charge is 0.325 e. The van der Waals surface area contributed by atoms with Crippen LogP contribution in [-0.2, 0) is 11.3 Å². The Morgan fingerprint density at radius 3 is 2.88 bits per heavy atom. The highest BCUT2D eigenvalue weighted by atomic mass is 32.1. The van der Waals surface area contributed by atoms with E-state index in [0.717, 1.165) is 15.2 Å². The van der Waals surface area contributed by atoms with Crippen molar-refractivity contribution < 1.29 is 4.79 Å². The van der Waals surface area contributed by atoms with Gasteiger partial charge in [-0.15, -0.1) is 11.3 Å². The van der Waals surface area contributed by atoms with Crippen LogP contribution in [0.3, 0.4) is 0 Å². The molecule has 0 aliphatic heterocycles. The number of para-hydroxylation sites is 1. The third-order valence-electron chi connectivity index (χ3n) is 4.02. The summed E-state index contributed by atoms with van der Waals surface area (Å²) >= 11 is 1.64. The molecule has 25 heavy (non-hydrogen) atoms. The number of likely N-dealkylation sites (N-methyl/N-ethyl adjacent to an activating group) is 1. The van der Waals surface area contributed by atoms with Crippen LogP contribution in [0.5, 0.6) is 0 Å². The highest BCUT2D eigenvalue weighted by molar-refractivity contribution is 7.18. The second-order valence-corrected chi connectivity index (χ2v) is 6.96. The summed E-state index contributed by atoms with van der Waals surface area (Å²) in [6.07, 6.45) is 0. The molecule has 126 valence electrons. The van der Waals surface area contributed by atoms with E-state index < -0.39 is 0 Å². The second-order valence-electron chi connectivity index (χ2n) is 5.85. The molecular formula is C19H18N4OS. The molecule has 0 aliphatic rings. The van der Waals surface area contributed by atoms with E-state index in [-0.39, 0.29) is 11.9 Å². The van der Waals surface area contributed by atoms with Crippen molar-refractivity contribution in [2.75, 3.05) is 12.4 Å². The topological polar surface area (TPSA) is 69.0 Å². The third kappa shape index (κ3) is 4.02. The van der Waals surface area contributed by atoms with Crippen molar-refractivity contribution in [3.8, 4) is 6.07 Å². The van der Waals surface area contributed by atoms with Gasteiger partial charge in [0.05, 0.1) is 34.4 Å². The summed E-state index contributed by atoms with van der Waals surface area (Å²) in [5.41, 5.74) is 2.14. The van der Waals surface area contributed by atoms with Crippen LogP contribution >= 0.6 is 11.3 Å². The van der Waals surface area contributed by atoms with Crippen molar-refractivity contribution in [2.24, 2.45) is 0 Å². The summed E-state index contributed by atoms with van der Waals surface area (Å²) < 4.78 is 1.15. The molecule has 3 rings (SSSR count). The monoisotopic (exact) mass is 350 g/mol. The Morgan fingerprint density at radius 2 is 2.12 bits per heavy atom. The van der Waals surface area contributed by atoms with Crippen molar-refractivity contribution in [3.05, 3.63) is 59.1 Å². The number of fused-ring (bicyclic) bond motifs is 1. The summed E-state index contributed by atoms with van der Waals surface area (Å²) in [5, 5.41) is 12.8. The van der Waals surface area contributed by atoms with Gasteiger partial charge in [-0.3, -0.25) is 9.69 Å². The minimum absolute atomic E-state index is 0.112. The average Bonchev–Trinajstić information content (AvgIpc) is 3.03. The van der Waals surface area contributed by atoms with E-state index in [1.807, 2.05) is 37.1 Å². The predicted octanol–water partition coefficient (Wildman–Crippen LogP) is 3.63. The minimum atomic E-state index is -0.322. The molecule has 2 aromatic carbocycles. The maximum absolute atomic E-state index is 12.5. The van der Waals surface area contributed by atoms with Gasteiger partial charge in [-0.25, -0.2) is 4.98 Å². The molecular weight excluding hydrogens is 332 g/mol. The number of carbonyl (C=O) groups excluding carboxylic acids is 1. The Balaban J connectivity index is 1.65. The smallest absolute Gasteiger partial charge is 0.241 e. The van der Waals surface area contributed by atoms with Crippen LogP contribution in [0.1, 0.15) is 17.5 Å². The fraction of sp³-hybridized carbons (Fsp3) is 0.211. The van der Waals surface area contributed by atoms with Gasteiger partial charge in [-0.05, 0) is 44.3 Å². The summed E-state index contributed by atoms with van der Waals surface area (Å²) in [6, 6.07) is 16.7. The van der Waals surface area contributed by atoms with Crippen LogP contribution in [-0.4, -0.2) is 28.9 Å². The first kappa shape index (κ1) is 17.1. The van der Waals surface area contributed by atoms with Gasteiger partial charge in [-0.1, -0.05) is 18.2 Å². The van der Waals surface area contributed by atoms with Gasteiger partial charge in [0.25, 0.3) is 0 Å². The number of nitrogens with one attached hydrogen (secondary N) is 1. The number of nitriles is 1. The lowest BCUT2D eigenvalue weighted by Gasteiger charge is -2.22. The highest BCUT2D eigenvalue weighted by Gasteiger charge is 2.19. The summed E-state index contributed by atoms with van der Waals surface area (Å²) in [4.78, 5) is 19.0. The average molecular weight is 350 g/mol. The molecule has 0 fully saturated rings. The van der Waals surface area contributed by atoms with E-state index in [1.54, 1.807) is 35.6 Å². The van der Waals surface area contributed by atoms with Crippen LogP contribution in [0.2, 0.25) is 0 Å². The normalized spacial score (nSPS) is 12.1. The zero-order chi connectivity index (χ0) is 17.8. The van der Waals surface area contributed by atoms with Crippen molar-refractivity contribution in [1.82, 2.24) is 9.88 Å². The number of hydrogen-bond donors (Lipinski definition) is 1. The Labute approximate surface area is 150 Å². The number of aromatic nitrogens is 1. The number of anilines is 1. The summed E-state index contributed by atoms with van der Waals surface area (Å²) in [5.74, 6) is -0.112. The minimum Gasteiger partial charge on any atom is -0.325 e. The van der Waals surface area contributed by atoms with Crippen LogP contribution < -0.4 is 5.32 Å². The standard InChI is InChI=1S/C19H18N4OS/c1-13(19(24)21-15-7-5-6-14(10-15)11-20)23(2)12-18-22-16-8-3-4-9-17(16)25-18/h3-10,13H,12H2,1-2H3,(H,21,24). The second kappa shape index (κ2) is 7.43. The Kier molecular flexibility index (Phi) is 5.08. The van der Waals surface area contributed by atoms with Gasteiger partial charge in [0.1, 0.15) is 5.01 Å². The molecule has 1 N–H and O–H groups in total. The van der Waals surface area contributed by atoms with E-state index in [2.05, 4.69) is 22.4 Å². The van der Waals surface area contributed by atoms with Gasteiger partial charge in [-0.2, -0.15) is 5.26 Å². The summed E-state index contributed by atoms with van der Waals surface area (Å²) in [6.45, 7) is 2.46. The molecule has 0 spiro atoms. The van der Waals surface area contributed by atoms with E-state index >= 15 is 0 Å². The predicted molar refractivity (Wildman–Crippen MR) is 100 cm³/mol. The van der Waals surface area contributed by atoms with Crippen molar-refractivity contribution in [2.45, 2.75) is 19.5 Å². The van der Waals surface area contributed by atoms with Gasteiger partial charge in [0, 0.05) is 5.69 Å². The van der Waals surface area contributed by atoms with Crippen molar-refractivity contribution in [1.29, 1.82) is 5.26 Å². The van der Waals surface area contributed by atoms with Gasteiger partial charge in [0.15, 0.2) is 0 Å². The molecule has 3 aromatic rings. The molecule has 0 saturated heterocycles. The maximum Gasteiger partial charge on any atom is 0.241 e. The molecule has 1 heterocycles. The first-order valence-electron chi connectivity index (χ1n) is 7.92. The zero-order valence-corrected chi connectivity index (χ0v) is 14.9. The van der Waals surface area contributed by atoms with E-state index in [9.17, 15) is 4.79 Å². The zero-order valence-electron chi connectivity index (χ0n) is 14.1. The molecule has 1 unspecified atom stereocenters. The lowest BCUT2D eigenvalue weighted by Crippen LogP contribution is -2.39. The molecule has 1 aromatic heterocycles.